The van der Waals surface area contributed by atoms with Gasteiger partial charge in [0, 0.05) is 17.3 Å². The van der Waals surface area contributed by atoms with Crippen LogP contribution in [0.3, 0.4) is 0 Å². The second kappa shape index (κ2) is 9.67. The topological polar surface area (TPSA) is 30.5 Å². The van der Waals surface area contributed by atoms with Gasteiger partial charge < -0.3 is 14.8 Å². The van der Waals surface area contributed by atoms with E-state index in [4.69, 9.17) is 32.7 Å². The number of methoxy groups -OCH3 is 1. The van der Waals surface area contributed by atoms with E-state index in [1.807, 2.05) is 36.4 Å². The van der Waals surface area contributed by atoms with Gasteiger partial charge in [0.15, 0.2) is 11.5 Å². The van der Waals surface area contributed by atoms with Crippen molar-refractivity contribution in [3.05, 3.63) is 85.2 Å². The van der Waals surface area contributed by atoms with Gasteiger partial charge in [-0.1, -0.05) is 35.3 Å². The van der Waals surface area contributed by atoms with Gasteiger partial charge in [-0.15, -0.1) is 0 Å². The molecule has 0 radical (unpaired) electrons. The number of nitrogens with one attached hydrogen (secondary N) is 1. The van der Waals surface area contributed by atoms with Crippen molar-refractivity contribution in [2.45, 2.75) is 13.2 Å². The highest BCUT2D eigenvalue weighted by atomic mass is 127. The summed E-state index contributed by atoms with van der Waals surface area (Å²) in [7, 11) is 1.61. The van der Waals surface area contributed by atoms with Crippen LogP contribution >= 0.6 is 45.8 Å². The molecule has 3 aromatic rings. The first kappa shape index (κ1) is 21.0. The fourth-order valence-corrected chi connectivity index (χ4v) is 3.69. The Kier molecular flexibility index (Phi) is 7.26. The molecule has 0 spiro atoms. The smallest absolute Gasteiger partial charge is 0.174 e. The summed E-state index contributed by atoms with van der Waals surface area (Å²) in [6.45, 7) is 0.945. The van der Waals surface area contributed by atoms with E-state index >= 15 is 0 Å². The molecule has 0 amide bonds. The maximum atomic E-state index is 13.3. The summed E-state index contributed by atoms with van der Waals surface area (Å²) in [5.74, 6) is 0.895. The lowest BCUT2D eigenvalue weighted by molar-refractivity contribution is 0.282. The first-order valence-electron chi connectivity index (χ1n) is 8.39. The average Bonchev–Trinajstić information content (AvgIpc) is 2.69. The number of rotatable bonds is 7. The van der Waals surface area contributed by atoms with E-state index in [0.717, 1.165) is 20.4 Å². The Labute approximate surface area is 186 Å². The molecule has 1 N–H and O–H groups in total. The van der Waals surface area contributed by atoms with Crippen LogP contribution in [0.5, 0.6) is 11.5 Å². The number of hydrogen-bond acceptors (Lipinski definition) is 3. The lowest BCUT2D eigenvalue weighted by Gasteiger charge is -2.15. The predicted octanol–water partition coefficient (Wildman–Crippen LogP) is 6.94. The van der Waals surface area contributed by atoms with Gasteiger partial charge in [-0.2, -0.15) is 0 Å². The van der Waals surface area contributed by atoms with E-state index in [2.05, 4.69) is 27.9 Å². The molecule has 28 heavy (non-hydrogen) atoms. The van der Waals surface area contributed by atoms with Crippen LogP contribution in [-0.2, 0) is 13.2 Å². The molecule has 0 aliphatic rings. The summed E-state index contributed by atoms with van der Waals surface area (Å²) in [6, 6.07) is 16.0. The van der Waals surface area contributed by atoms with Gasteiger partial charge in [-0.05, 0) is 76.2 Å². The van der Waals surface area contributed by atoms with E-state index in [9.17, 15) is 4.39 Å². The van der Waals surface area contributed by atoms with Crippen LogP contribution in [0.4, 0.5) is 10.1 Å². The maximum Gasteiger partial charge on any atom is 0.174 e. The normalized spacial score (nSPS) is 10.6. The standard InChI is InChI=1S/C21H17Cl2FINO2/c1-27-20-9-14(11-26-16-6-7-18(24)17(23)10-16)8-19(25)21(20)28-12-13-2-4-15(22)5-3-13/h2-10,26H,11-12H2,1H3. The second-order valence-corrected chi connectivity index (χ2v) is 8.01. The minimum atomic E-state index is -0.439. The zero-order valence-corrected chi connectivity index (χ0v) is 18.6. The number of benzene rings is 3. The van der Waals surface area contributed by atoms with Crippen LogP contribution in [0.25, 0.3) is 0 Å². The van der Waals surface area contributed by atoms with Crippen LogP contribution < -0.4 is 14.8 Å². The Morgan fingerprint density at radius 2 is 1.75 bits per heavy atom. The molecule has 0 aliphatic carbocycles. The molecule has 3 nitrogen and oxygen atoms in total. The Balaban J connectivity index is 1.71. The summed E-state index contributed by atoms with van der Waals surface area (Å²) in [6.07, 6.45) is 0. The molecule has 0 aliphatic heterocycles. The summed E-state index contributed by atoms with van der Waals surface area (Å²) in [5.41, 5.74) is 2.75. The largest absolute Gasteiger partial charge is 0.493 e. The van der Waals surface area contributed by atoms with E-state index in [1.54, 1.807) is 19.2 Å². The second-order valence-electron chi connectivity index (χ2n) is 6.01. The highest BCUT2D eigenvalue weighted by molar-refractivity contribution is 14.1. The van der Waals surface area contributed by atoms with Crippen LogP contribution in [0.15, 0.2) is 54.6 Å². The van der Waals surface area contributed by atoms with Crippen molar-refractivity contribution in [2.24, 2.45) is 0 Å². The van der Waals surface area contributed by atoms with Crippen molar-refractivity contribution < 1.29 is 13.9 Å². The average molecular weight is 532 g/mol. The minimum absolute atomic E-state index is 0.0862. The van der Waals surface area contributed by atoms with Gasteiger partial charge in [0.05, 0.1) is 15.7 Å². The quantitative estimate of drug-likeness (QED) is 0.335. The molecule has 0 heterocycles. The van der Waals surface area contributed by atoms with E-state index in [0.29, 0.717) is 29.7 Å². The van der Waals surface area contributed by atoms with Crippen molar-refractivity contribution in [3.8, 4) is 11.5 Å². The molecule has 0 saturated heterocycles. The highest BCUT2D eigenvalue weighted by Gasteiger charge is 2.12. The first-order chi connectivity index (χ1) is 13.5. The minimum Gasteiger partial charge on any atom is -0.493 e. The van der Waals surface area contributed by atoms with Gasteiger partial charge in [0.2, 0.25) is 0 Å². The lowest BCUT2D eigenvalue weighted by Crippen LogP contribution is -2.04. The van der Waals surface area contributed by atoms with E-state index in [-0.39, 0.29) is 5.02 Å². The predicted molar refractivity (Wildman–Crippen MR) is 120 cm³/mol. The van der Waals surface area contributed by atoms with Gasteiger partial charge in [-0.3, -0.25) is 0 Å². The summed E-state index contributed by atoms with van der Waals surface area (Å²) in [4.78, 5) is 0. The highest BCUT2D eigenvalue weighted by Crippen LogP contribution is 2.35. The van der Waals surface area contributed by atoms with Crippen molar-refractivity contribution >= 4 is 51.5 Å². The van der Waals surface area contributed by atoms with Crippen molar-refractivity contribution in [3.63, 3.8) is 0 Å². The van der Waals surface area contributed by atoms with Gasteiger partial charge in [0.25, 0.3) is 0 Å². The number of anilines is 1. The Morgan fingerprint density at radius 1 is 1.00 bits per heavy atom. The number of ether oxygens (including phenoxy) is 2. The Hall–Kier alpha value is -1.70. The molecule has 0 fully saturated rings. The SMILES string of the molecule is COc1cc(CNc2ccc(F)c(Cl)c2)cc(I)c1OCc1ccc(Cl)cc1. The van der Waals surface area contributed by atoms with Crippen molar-refractivity contribution in [1.29, 1.82) is 0 Å². The molecule has 0 unspecified atom stereocenters. The molecular weight excluding hydrogens is 515 g/mol. The molecule has 3 aromatic carbocycles. The van der Waals surface area contributed by atoms with Crippen LogP contribution in [0.2, 0.25) is 10.0 Å². The fraction of sp³-hybridized carbons (Fsp3) is 0.143. The Morgan fingerprint density at radius 3 is 2.43 bits per heavy atom. The van der Waals surface area contributed by atoms with Crippen LogP contribution in [-0.4, -0.2) is 7.11 Å². The third-order valence-corrected chi connectivity index (χ3v) is 5.34. The summed E-state index contributed by atoms with van der Waals surface area (Å²) >= 11 is 14.0. The first-order valence-corrected chi connectivity index (χ1v) is 10.2. The molecule has 0 bridgehead atoms. The zero-order valence-electron chi connectivity index (χ0n) is 14.9. The molecule has 3 rings (SSSR count). The van der Waals surface area contributed by atoms with Crippen molar-refractivity contribution in [2.75, 3.05) is 12.4 Å². The lowest BCUT2D eigenvalue weighted by atomic mass is 10.2. The van der Waals surface area contributed by atoms with E-state index < -0.39 is 5.82 Å². The van der Waals surface area contributed by atoms with Crippen LogP contribution in [0.1, 0.15) is 11.1 Å². The summed E-state index contributed by atoms with van der Waals surface area (Å²) < 4.78 is 25.7. The summed E-state index contributed by atoms with van der Waals surface area (Å²) in [5, 5.41) is 4.00. The number of halogens is 4. The van der Waals surface area contributed by atoms with Gasteiger partial charge in [0.1, 0.15) is 12.4 Å². The monoisotopic (exact) mass is 531 g/mol. The Bertz CT molecular complexity index is 967. The molecular formula is C21H17Cl2FINO2. The fourth-order valence-electron chi connectivity index (χ4n) is 2.56. The van der Waals surface area contributed by atoms with Gasteiger partial charge >= 0.3 is 0 Å². The third kappa shape index (κ3) is 5.43. The third-order valence-electron chi connectivity index (χ3n) is 4.00. The number of hydrogen-bond donors (Lipinski definition) is 1. The molecule has 0 atom stereocenters. The van der Waals surface area contributed by atoms with Crippen LogP contribution in [0, 0.1) is 9.39 Å². The van der Waals surface area contributed by atoms with E-state index in [1.165, 1.54) is 6.07 Å². The van der Waals surface area contributed by atoms with Crippen molar-refractivity contribution in [1.82, 2.24) is 0 Å². The molecule has 0 aromatic heterocycles. The molecule has 0 saturated carbocycles. The molecule has 7 heteroatoms. The maximum absolute atomic E-state index is 13.3. The van der Waals surface area contributed by atoms with Gasteiger partial charge in [-0.25, -0.2) is 4.39 Å². The molecule has 146 valence electrons. The zero-order chi connectivity index (χ0) is 20.1.